The second kappa shape index (κ2) is 7.11. The van der Waals surface area contributed by atoms with Crippen molar-refractivity contribution in [2.45, 2.75) is 18.2 Å². The summed E-state index contributed by atoms with van der Waals surface area (Å²) in [5.74, 6) is -0.512. The van der Waals surface area contributed by atoms with Crippen molar-refractivity contribution in [3.8, 4) is 28.3 Å². The van der Waals surface area contributed by atoms with Crippen LogP contribution in [-0.2, 0) is 14.8 Å². The van der Waals surface area contributed by atoms with Gasteiger partial charge in [-0.25, -0.2) is 13.6 Å². The van der Waals surface area contributed by atoms with E-state index in [1.165, 1.54) is 12.1 Å². The zero-order valence-corrected chi connectivity index (χ0v) is 14.7. The number of hydrogen-bond acceptors (Lipinski definition) is 6. The molecule has 0 radical (unpaired) electrons. The third-order valence-corrected chi connectivity index (χ3v) is 4.60. The maximum absolute atomic E-state index is 11.7. The van der Waals surface area contributed by atoms with E-state index >= 15 is 0 Å². The summed E-state index contributed by atoms with van der Waals surface area (Å²) in [5.41, 5.74) is 2.28. The van der Waals surface area contributed by atoms with Gasteiger partial charge in [-0.15, -0.1) is 0 Å². The molecule has 7 nitrogen and oxygen atoms in total. The van der Waals surface area contributed by atoms with Gasteiger partial charge < -0.3 is 9.26 Å². The van der Waals surface area contributed by atoms with Crippen molar-refractivity contribution >= 4 is 16.0 Å². The first-order valence-electron chi connectivity index (χ1n) is 7.79. The summed E-state index contributed by atoms with van der Waals surface area (Å²) in [6, 6.07) is 15.1. The number of sulfonamides is 1. The Morgan fingerprint density at radius 1 is 1.08 bits per heavy atom. The van der Waals surface area contributed by atoms with E-state index in [-0.39, 0.29) is 17.3 Å². The van der Waals surface area contributed by atoms with Crippen LogP contribution in [-0.4, -0.2) is 19.5 Å². The number of aromatic nitrogens is 1. The van der Waals surface area contributed by atoms with Gasteiger partial charge in [0, 0.05) is 12.0 Å². The number of ether oxygens (including phenoxy) is 1. The normalized spacial score (nSPS) is 11.3. The molecule has 3 rings (SSSR count). The predicted molar refractivity (Wildman–Crippen MR) is 94.7 cm³/mol. The molecule has 0 bridgehead atoms. The number of benzene rings is 2. The Labute approximate surface area is 150 Å². The minimum Gasteiger partial charge on any atom is -0.391 e. The molecule has 0 fully saturated rings. The topological polar surface area (TPSA) is 112 Å². The highest BCUT2D eigenvalue weighted by molar-refractivity contribution is 7.89. The largest absolute Gasteiger partial charge is 0.391 e. The first-order valence-corrected chi connectivity index (χ1v) is 9.33. The smallest absolute Gasteiger partial charge is 0.327 e. The van der Waals surface area contributed by atoms with E-state index in [1.54, 1.807) is 19.1 Å². The van der Waals surface area contributed by atoms with E-state index in [0.717, 1.165) is 5.56 Å². The predicted octanol–water partition coefficient (Wildman–Crippen LogP) is 2.97. The van der Waals surface area contributed by atoms with Crippen molar-refractivity contribution in [2.75, 3.05) is 0 Å². The third-order valence-electron chi connectivity index (χ3n) is 3.67. The summed E-state index contributed by atoms with van der Waals surface area (Å²) in [7, 11) is -3.81. The number of primary sulfonamides is 1. The lowest BCUT2D eigenvalue weighted by atomic mass is 10.0. The second-order valence-electron chi connectivity index (χ2n) is 5.46. The van der Waals surface area contributed by atoms with Crippen molar-refractivity contribution in [2.24, 2.45) is 5.14 Å². The van der Waals surface area contributed by atoms with Gasteiger partial charge in [-0.1, -0.05) is 54.5 Å². The Bertz CT molecular complexity index is 1030. The minimum absolute atomic E-state index is 0.0222. The van der Waals surface area contributed by atoms with E-state index in [4.69, 9.17) is 14.4 Å². The lowest BCUT2D eigenvalue weighted by Crippen LogP contribution is -2.11. The highest BCUT2D eigenvalue weighted by atomic mass is 32.2. The van der Waals surface area contributed by atoms with Crippen molar-refractivity contribution in [1.82, 2.24) is 5.16 Å². The molecular weight excluding hydrogens is 356 g/mol. The maximum atomic E-state index is 11.7. The second-order valence-corrected chi connectivity index (χ2v) is 7.02. The molecule has 26 heavy (non-hydrogen) atoms. The average Bonchev–Trinajstić information content (AvgIpc) is 3.05. The van der Waals surface area contributed by atoms with Gasteiger partial charge in [0.1, 0.15) is 5.69 Å². The third kappa shape index (κ3) is 3.66. The molecule has 0 amide bonds. The molecule has 1 heterocycles. The fraction of sp³-hybridized carbons (Fsp3) is 0.111. The van der Waals surface area contributed by atoms with Gasteiger partial charge in [0.05, 0.1) is 10.5 Å². The Balaban J connectivity index is 2.13. The summed E-state index contributed by atoms with van der Waals surface area (Å²) in [6.07, 6.45) is 0.172. The van der Waals surface area contributed by atoms with Crippen LogP contribution in [0.25, 0.3) is 22.4 Å². The summed E-state index contributed by atoms with van der Waals surface area (Å²) in [4.78, 5) is 11.7. The number of carbonyl (C=O) groups excluding carboxylic acids is 1. The van der Waals surface area contributed by atoms with Crippen molar-refractivity contribution in [1.29, 1.82) is 0 Å². The van der Waals surface area contributed by atoms with E-state index < -0.39 is 16.0 Å². The molecular formula is C18H16N2O5S. The van der Waals surface area contributed by atoms with Crippen LogP contribution in [0.2, 0.25) is 0 Å². The molecule has 1 aromatic heterocycles. The number of nitrogens with zero attached hydrogens (tertiary/aromatic N) is 1. The molecule has 0 saturated carbocycles. The molecule has 8 heteroatoms. The SMILES string of the molecule is CCC(=O)Oc1onc(-c2ccccc2)c1-c1ccc(S(N)(=O)=O)cc1. The zero-order chi connectivity index (χ0) is 18.7. The van der Waals surface area contributed by atoms with Gasteiger partial charge in [-0.2, -0.15) is 0 Å². The molecule has 0 aliphatic carbocycles. The van der Waals surface area contributed by atoms with Crippen LogP contribution in [0.5, 0.6) is 5.95 Å². The van der Waals surface area contributed by atoms with Gasteiger partial charge in [0.15, 0.2) is 0 Å². The number of esters is 1. The highest BCUT2D eigenvalue weighted by Gasteiger charge is 2.23. The fourth-order valence-electron chi connectivity index (χ4n) is 2.38. The van der Waals surface area contributed by atoms with Gasteiger partial charge in [0.25, 0.3) is 0 Å². The van der Waals surface area contributed by atoms with Gasteiger partial charge in [-0.05, 0) is 17.7 Å². The molecule has 0 spiro atoms. The summed E-state index contributed by atoms with van der Waals surface area (Å²) in [6.45, 7) is 1.66. The summed E-state index contributed by atoms with van der Waals surface area (Å²) in [5, 5.41) is 9.16. The van der Waals surface area contributed by atoms with Gasteiger partial charge in [0.2, 0.25) is 10.0 Å². The van der Waals surface area contributed by atoms with Gasteiger partial charge >= 0.3 is 11.9 Å². The van der Waals surface area contributed by atoms with E-state index in [9.17, 15) is 13.2 Å². The van der Waals surface area contributed by atoms with Gasteiger partial charge in [-0.3, -0.25) is 4.79 Å². The molecule has 2 aromatic carbocycles. The molecule has 0 unspecified atom stereocenters. The standard InChI is InChI=1S/C18H16N2O5S/c1-2-15(21)24-18-16(12-8-10-14(11-9-12)26(19,22)23)17(20-25-18)13-6-4-3-5-7-13/h3-11H,2H2,1H3,(H2,19,22,23). The molecule has 3 aromatic rings. The summed E-state index contributed by atoms with van der Waals surface area (Å²) >= 11 is 0. The Hall–Kier alpha value is -2.97. The van der Waals surface area contributed by atoms with Crippen molar-refractivity contribution in [3.63, 3.8) is 0 Å². The first kappa shape index (κ1) is 17.8. The lowest BCUT2D eigenvalue weighted by Gasteiger charge is -2.06. The molecule has 0 aliphatic heterocycles. The molecule has 0 aliphatic rings. The lowest BCUT2D eigenvalue weighted by molar-refractivity contribution is -0.135. The Morgan fingerprint density at radius 2 is 1.73 bits per heavy atom. The number of carbonyl (C=O) groups is 1. The highest BCUT2D eigenvalue weighted by Crippen LogP contribution is 2.39. The number of nitrogens with two attached hydrogens (primary N) is 1. The van der Waals surface area contributed by atoms with Crippen molar-refractivity contribution in [3.05, 3.63) is 54.6 Å². The van der Waals surface area contributed by atoms with Crippen LogP contribution in [0.3, 0.4) is 0 Å². The quantitative estimate of drug-likeness (QED) is 0.689. The number of rotatable bonds is 5. The Morgan fingerprint density at radius 3 is 2.31 bits per heavy atom. The first-order chi connectivity index (χ1) is 12.4. The van der Waals surface area contributed by atoms with E-state index in [2.05, 4.69) is 5.16 Å². The van der Waals surface area contributed by atoms with Crippen LogP contribution in [0.4, 0.5) is 0 Å². The molecule has 0 atom stereocenters. The van der Waals surface area contributed by atoms with Crippen LogP contribution < -0.4 is 9.88 Å². The van der Waals surface area contributed by atoms with E-state index in [1.807, 2.05) is 30.3 Å². The van der Waals surface area contributed by atoms with Crippen LogP contribution in [0.1, 0.15) is 13.3 Å². The van der Waals surface area contributed by atoms with Crippen molar-refractivity contribution < 1.29 is 22.5 Å². The maximum Gasteiger partial charge on any atom is 0.327 e. The molecule has 134 valence electrons. The van der Waals surface area contributed by atoms with Crippen LogP contribution in [0.15, 0.2) is 64.0 Å². The monoisotopic (exact) mass is 372 g/mol. The number of hydrogen-bond donors (Lipinski definition) is 1. The average molecular weight is 372 g/mol. The molecule has 2 N–H and O–H groups in total. The van der Waals surface area contributed by atoms with Crippen LogP contribution in [0, 0.1) is 0 Å². The fourth-order valence-corrected chi connectivity index (χ4v) is 2.89. The summed E-state index contributed by atoms with van der Waals surface area (Å²) < 4.78 is 33.4. The Kier molecular flexibility index (Phi) is 4.88. The zero-order valence-electron chi connectivity index (χ0n) is 13.9. The van der Waals surface area contributed by atoms with E-state index in [0.29, 0.717) is 16.8 Å². The minimum atomic E-state index is -3.81. The molecule has 0 saturated heterocycles. The van der Waals surface area contributed by atoms with Crippen LogP contribution >= 0.6 is 0 Å².